The Kier molecular flexibility index (Phi) is 5.24. The highest BCUT2D eigenvalue weighted by Gasteiger charge is 2.70. The van der Waals surface area contributed by atoms with Crippen LogP contribution in [0.2, 0.25) is 0 Å². The van der Waals surface area contributed by atoms with Gasteiger partial charge in [0, 0.05) is 16.8 Å². The molecule has 3 heterocycles. The van der Waals surface area contributed by atoms with E-state index >= 15 is 0 Å². The third-order valence-corrected chi connectivity index (χ3v) is 9.74. The Labute approximate surface area is 257 Å². The second-order valence-electron chi connectivity index (χ2n) is 11.9. The Balaban J connectivity index is 1.37. The van der Waals surface area contributed by atoms with E-state index in [1.54, 1.807) is 0 Å². The van der Waals surface area contributed by atoms with Crippen molar-refractivity contribution in [2.45, 2.75) is 5.66 Å². The van der Waals surface area contributed by atoms with Crippen LogP contribution in [0.15, 0.2) is 152 Å². The van der Waals surface area contributed by atoms with Gasteiger partial charge in [-0.25, -0.2) is 0 Å². The summed E-state index contributed by atoms with van der Waals surface area (Å²) in [5.41, 5.74) is 15.8. The minimum atomic E-state index is -0.491. The summed E-state index contributed by atoms with van der Waals surface area (Å²) in [7, 11) is 4.56. The first-order valence-corrected chi connectivity index (χ1v) is 15.3. The SMILES string of the molecule is C[N+]1=C(c2ccccc2)c2cccc3c2C12c1c(cccc1N3c1ccc(-c3ccccc3)cc1)C(c1ccccc1)=[N+]2C. The van der Waals surface area contributed by atoms with Gasteiger partial charge in [-0.05, 0) is 71.8 Å². The van der Waals surface area contributed by atoms with E-state index < -0.39 is 5.66 Å². The van der Waals surface area contributed by atoms with Crippen molar-refractivity contribution in [2.24, 2.45) is 0 Å². The molecule has 0 radical (unpaired) electrons. The van der Waals surface area contributed by atoms with Gasteiger partial charge in [-0.1, -0.05) is 91.0 Å². The van der Waals surface area contributed by atoms with Crippen LogP contribution < -0.4 is 4.90 Å². The second kappa shape index (κ2) is 9.23. The van der Waals surface area contributed by atoms with Crippen molar-refractivity contribution < 1.29 is 9.15 Å². The van der Waals surface area contributed by atoms with Crippen LogP contribution in [0.3, 0.4) is 0 Å². The van der Waals surface area contributed by atoms with Crippen molar-refractivity contribution in [1.82, 2.24) is 0 Å². The summed E-state index contributed by atoms with van der Waals surface area (Å²) in [4.78, 5) is 2.48. The molecule has 6 aromatic rings. The highest BCUT2D eigenvalue weighted by atomic mass is 15.3. The van der Waals surface area contributed by atoms with Crippen LogP contribution in [-0.2, 0) is 5.66 Å². The van der Waals surface area contributed by atoms with Crippen molar-refractivity contribution in [3.63, 3.8) is 0 Å². The lowest BCUT2D eigenvalue weighted by Gasteiger charge is -2.36. The molecule has 44 heavy (non-hydrogen) atoms. The number of rotatable bonds is 4. The molecule has 3 nitrogen and oxygen atoms in total. The van der Waals surface area contributed by atoms with Gasteiger partial charge in [0.15, 0.2) is 0 Å². The van der Waals surface area contributed by atoms with E-state index in [-0.39, 0.29) is 0 Å². The van der Waals surface area contributed by atoms with Crippen LogP contribution in [-0.4, -0.2) is 34.7 Å². The van der Waals surface area contributed by atoms with Crippen LogP contribution in [0.1, 0.15) is 33.4 Å². The summed E-state index contributed by atoms with van der Waals surface area (Å²) < 4.78 is 5.06. The quantitative estimate of drug-likeness (QED) is 0.195. The summed E-state index contributed by atoms with van der Waals surface area (Å²) in [5.74, 6) is 0. The van der Waals surface area contributed by atoms with E-state index in [2.05, 4.69) is 180 Å². The van der Waals surface area contributed by atoms with Gasteiger partial charge in [0.2, 0.25) is 11.4 Å². The largest absolute Gasteiger partial charge is 0.411 e. The first kappa shape index (κ1) is 25.0. The summed E-state index contributed by atoms with van der Waals surface area (Å²) in [6.45, 7) is 0. The summed E-state index contributed by atoms with van der Waals surface area (Å²) in [6.07, 6.45) is 0. The van der Waals surface area contributed by atoms with Gasteiger partial charge in [0.25, 0.3) is 0 Å². The molecule has 208 valence electrons. The van der Waals surface area contributed by atoms with Crippen LogP contribution in [0, 0.1) is 0 Å². The molecular weight excluding hydrogens is 534 g/mol. The topological polar surface area (TPSA) is 9.26 Å². The van der Waals surface area contributed by atoms with Crippen LogP contribution in [0.5, 0.6) is 0 Å². The molecule has 3 heteroatoms. The number of nitrogens with zero attached hydrogens (tertiary/aromatic N) is 3. The summed E-state index contributed by atoms with van der Waals surface area (Å²) in [5, 5.41) is 0. The van der Waals surface area contributed by atoms with Gasteiger partial charge in [-0.3, -0.25) is 0 Å². The minimum Gasteiger partial charge on any atom is -0.309 e. The van der Waals surface area contributed by atoms with Crippen LogP contribution in [0.25, 0.3) is 11.1 Å². The minimum absolute atomic E-state index is 0.491. The average molecular weight is 566 g/mol. The first-order valence-electron chi connectivity index (χ1n) is 15.3. The predicted octanol–water partition coefficient (Wildman–Crippen LogP) is 8.32. The highest BCUT2D eigenvalue weighted by molar-refractivity contribution is 6.17. The summed E-state index contributed by atoms with van der Waals surface area (Å²) >= 11 is 0. The molecule has 6 aromatic carbocycles. The van der Waals surface area contributed by atoms with E-state index in [0.717, 1.165) is 5.69 Å². The van der Waals surface area contributed by atoms with Crippen molar-refractivity contribution in [3.05, 3.63) is 185 Å². The Morgan fingerprint density at radius 2 is 0.818 bits per heavy atom. The molecule has 0 N–H and O–H groups in total. The van der Waals surface area contributed by atoms with Crippen LogP contribution in [0.4, 0.5) is 17.1 Å². The maximum atomic E-state index is 2.53. The third kappa shape index (κ3) is 3.16. The fraction of sp³-hybridized carbons (Fsp3) is 0.0732. The first-order chi connectivity index (χ1) is 21.7. The van der Waals surface area contributed by atoms with Gasteiger partial charge < -0.3 is 4.90 Å². The van der Waals surface area contributed by atoms with Gasteiger partial charge >= 0.3 is 5.66 Å². The Hall–Kier alpha value is -5.54. The molecule has 0 amide bonds. The van der Waals surface area contributed by atoms with E-state index in [9.17, 15) is 0 Å². The van der Waals surface area contributed by atoms with E-state index in [1.165, 1.54) is 67.3 Å². The summed E-state index contributed by atoms with van der Waals surface area (Å²) in [6, 6.07) is 55.1. The zero-order valence-corrected chi connectivity index (χ0v) is 24.8. The van der Waals surface area contributed by atoms with E-state index in [1.807, 2.05) is 0 Å². The molecule has 0 aromatic heterocycles. The maximum absolute atomic E-state index is 2.53. The molecule has 0 saturated heterocycles. The molecule has 0 fully saturated rings. The Morgan fingerprint density at radius 1 is 0.409 bits per heavy atom. The lowest BCUT2D eigenvalue weighted by Crippen LogP contribution is -2.47. The Bertz CT molecular complexity index is 2040. The van der Waals surface area contributed by atoms with E-state index in [4.69, 9.17) is 0 Å². The van der Waals surface area contributed by atoms with Gasteiger partial charge in [0.05, 0.1) is 22.5 Å². The third-order valence-electron chi connectivity index (χ3n) is 9.74. The zero-order chi connectivity index (χ0) is 29.4. The predicted molar refractivity (Wildman–Crippen MR) is 179 cm³/mol. The normalized spacial score (nSPS) is 15.5. The van der Waals surface area contributed by atoms with Crippen molar-refractivity contribution in [3.8, 4) is 11.1 Å². The number of anilines is 3. The molecule has 0 bridgehead atoms. The molecule has 1 spiro atoms. The molecule has 9 rings (SSSR count). The zero-order valence-electron chi connectivity index (χ0n) is 24.8. The fourth-order valence-electron chi connectivity index (χ4n) is 8.02. The smallest absolute Gasteiger partial charge is 0.309 e. The maximum Gasteiger partial charge on any atom is 0.411 e. The molecule has 3 aliphatic rings. The van der Waals surface area contributed by atoms with Gasteiger partial charge in [-0.15, -0.1) is 0 Å². The van der Waals surface area contributed by atoms with Gasteiger partial charge in [0.1, 0.15) is 25.2 Å². The molecule has 3 aliphatic heterocycles. The van der Waals surface area contributed by atoms with Crippen molar-refractivity contribution in [2.75, 3.05) is 19.0 Å². The standard InChI is InChI=1S/C41H31N3/c1-42-39(30-16-8-4-9-17-30)33-20-12-22-35-37(33)41(42)38-34(40(43(41)2)31-18-10-5-11-19-31)21-13-23-36(38)44(35)32-26-24-29(25-27-32)28-14-6-3-7-15-28/h3-27H,1-2H3/q+2. The fourth-order valence-corrected chi connectivity index (χ4v) is 8.02. The molecular formula is C41H31N3+2. The molecule has 0 atom stereocenters. The monoisotopic (exact) mass is 565 g/mol. The second-order valence-corrected chi connectivity index (χ2v) is 11.9. The lowest BCUT2D eigenvalue weighted by molar-refractivity contribution is -0.801. The van der Waals surface area contributed by atoms with Crippen molar-refractivity contribution >= 4 is 28.5 Å². The van der Waals surface area contributed by atoms with Crippen molar-refractivity contribution in [1.29, 1.82) is 0 Å². The van der Waals surface area contributed by atoms with E-state index in [0.29, 0.717) is 0 Å². The van der Waals surface area contributed by atoms with Crippen LogP contribution >= 0.6 is 0 Å². The molecule has 0 unspecified atom stereocenters. The average Bonchev–Trinajstić information content (AvgIpc) is 3.52. The van der Waals surface area contributed by atoms with Gasteiger partial charge in [-0.2, -0.15) is 9.15 Å². The Morgan fingerprint density at radius 3 is 1.27 bits per heavy atom. The highest BCUT2D eigenvalue weighted by Crippen LogP contribution is 2.59. The number of hydrogen-bond donors (Lipinski definition) is 0. The molecule has 0 aliphatic carbocycles. The molecule has 0 saturated carbocycles. The number of hydrogen-bond acceptors (Lipinski definition) is 1. The lowest BCUT2D eigenvalue weighted by atomic mass is 9.81. The number of benzene rings is 6.